The Morgan fingerprint density at radius 2 is 1.05 bits per heavy atom. The molecular formula is C31H59ClNO4+. The lowest BCUT2D eigenvalue weighted by atomic mass is 9.78. The molecular weight excluding hydrogens is 486 g/mol. The molecule has 0 unspecified atom stereocenters. The minimum Gasteiger partial charge on any atom is -0.320 e. The van der Waals surface area contributed by atoms with Gasteiger partial charge in [-0.25, -0.2) is 0 Å². The van der Waals surface area contributed by atoms with E-state index in [2.05, 4.69) is 66.1 Å². The third-order valence-electron chi connectivity index (χ3n) is 8.30. The molecule has 37 heavy (non-hydrogen) atoms. The maximum Gasteiger partial charge on any atom is 0.124 e. The second-order valence-electron chi connectivity index (χ2n) is 11.2. The second kappa shape index (κ2) is 20.2. The van der Waals surface area contributed by atoms with Crippen LogP contribution in [0.15, 0.2) is 24.3 Å². The van der Waals surface area contributed by atoms with E-state index in [1.165, 1.54) is 109 Å². The van der Waals surface area contributed by atoms with Crippen molar-refractivity contribution < 1.29 is 33.4 Å². The molecule has 1 aromatic carbocycles. The molecule has 0 heterocycles. The molecule has 0 aliphatic heterocycles. The predicted octanol–water partition coefficient (Wildman–Crippen LogP) is 5.70. The van der Waals surface area contributed by atoms with E-state index in [-0.39, 0.29) is 5.54 Å². The lowest BCUT2D eigenvalue weighted by molar-refractivity contribution is -1.92. The number of quaternary nitrogens is 1. The number of rotatable bonds is 20. The fraction of sp³-hybridized carbons (Fsp3) is 0.806. The van der Waals surface area contributed by atoms with E-state index in [1.54, 1.807) is 11.1 Å². The van der Waals surface area contributed by atoms with Crippen molar-refractivity contribution in [2.24, 2.45) is 0 Å². The third kappa shape index (κ3) is 15.5. The Morgan fingerprint density at radius 1 is 0.676 bits per heavy atom. The van der Waals surface area contributed by atoms with E-state index in [9.17, 15) is 0 Å². The van der Waals surface area contributed by atoms with Gasteiger partial charge in [0.1, 0.15) is 5.54 Å². The van der Waals surface area contributed by atoms with Crippen molar-refractivity contribution in [1.29, 1.82) is 0 Å². The average molecular weight is 545 g/mol. The lowest BCUT2D eigenvalue weighted by Crippen LogP contribution is -2.58. The Kier molecular flexibility index (Phi) is 19.9. The third-order valence-corrected chi connectivity index (χ3v) is 8.30. The molecule has 6 heteroatoms. The summed E-state index contributed by atoms with van der Waals surface area (Å²) >= 11 is 0. The van der Waals surface area contributed by atoms with Crippen LogP contribution in [-0.2, 0) is 12.0 Å². The molecule has 5 nitrogen and oxygen atoms in total. The van der Waals surface area contributed by atoms with E-state index in [4.69, 9.17) is 18.6 Å². The van der Waals surface area contributed by atoms with Crippen LogP contribution in [0.2, 0.25) is 0 Å². The van der Waals surface area contributed by atoms with E-state index >= 15 is 0 Å². The van der Waals surface area contributed by atoms with Gasteiger partial charge in [-0.15, -0.1) is 0 Å². The molecule has 1 N–H and O–H groups in total. The van der Waals surface area contributed by atoms with Gasteiger partial charge in [0, 0.05) is 18.4 Å². The number of unbranched alkanes of at least 4 members (excludes halogenated alkanes) is 13. The van der Waals surface area contributed by atoms with Crippen LogP contribution in [0.5, 0.6) is 0 Å². The van der Waals surface area contributed by atoms with Crippen molar-refractivity contribution in [3.63, 3.8) is 0 Å². The van der Waals surface area contributed by atoms with E-state index in [1.807, 2.05) is 0 Å². The summed E-state index contributed by atoms with van der Waals surface area (Å²) in [6.45, 7) is 10.7. The predicted molar refractivity (Wildman–Crippen MR) is 148 cm³/mol. The van der Waals surface area contributed by atoms with Gasteiger partial charge in [-0.1, -0.05) is 129 Å². The largest absolute Gasteiger partial charge is 0.320 e. The summed E-state index contributed by atoms with van der Waals surface area (Å²) in [4.78, 5) is 0. The number of nitrogens with zero attached hydrogens (tertiary/aromatic N) is 1. The highest BCUT2D eigenvalue weighted by Crippen LogP contribution is 2.41. The number of aryl methyl sites for hydroxylation is 1. The minimum absolute atomic E-state index is 0.239. The maximum absolute atomic E-state index is 8.60. The Hall–Kier alpha value is -0.690. The van der Waals surface area contributed by atoms with E-state index in [0.29, 0.717) is 0 Å². The first-order valence-electron chi connectivity index (χ1n) is 15.0. The molecule has 0 saturated heterocycles. The van der Waals surface area contributed by atoms with Crippen LogP contribution in [0.4, 0.5) is 0 Å². The number of halogens is 1. The zero-order chi connectivity index (χ0) is 28.2. The average Bonchev–Trinajstić information content (AvgIpc) is 2.84. The quantitative estimate of drug-likeness (QED) is 0.168. The van der Waals surface area contributed by atoms with Gasteiger partial charge in [-0.2, -0.15) is 14.0 Å². The summed E-state index contributed by atoms with van der Waals surface area (Å²) in [5.41, 5.74) is 3.38. The first kappa shape index (κ1) is 36.3. The summed E-state index contributed by atoms with van der Waals surface area (Å²) in [6, 6.07) is 9.23. The smallest absolute Gasteiger partial charge is 0.124 e. The Bertz CT molecular complexity index is 665. The van der Waals surface area contributed by atoms with Gasteiger partial charge in [0.25, 0.3) is 0 Å². The molecule has 0 saturated carbocycles. The van der Waals surface area contributed by atoms with Crippen molar-refractivity contribution in [3.8, 4) is 0 Å². The molecule has 0 fully saturated rings. The highest BCUT2D eigenvalue weighted by molar-refractivity contribution is 5.32. The molecule has 0 spiro atoms. The molecule has 1 rings (SSSR count). The first-order chi connectivity index (χ1) is 17.5. The van der Waals surface area contributed by atoms with Crippen molar-refractivity contribution in [2.45, 2.75) is 142 Å². The topological polar surface area (TPSA) is 89.4 Å². The number of hydrogen-bond donors (Lipinski definition) is 1. The number of hydrogen-bond acceptors (Lipinski definition) is 4. The highest BCUT2D eigenvalue weighted by Gasteiger charge is 2.44. The fourth-order valence-corrected chi connectivity index (χ4v) is 6.01. The molecule has 0 bridgehead atoms. The summed E-state index contributed by atoms with van der Waals surface area (Å²) in [5, 5.41) is 0. The zero-order valence-corrected chi connectivity index (χ0v) is 25.8. The number of benzene rings is 1. The van der Waals surface area contributed by atoms with E-state index in [0.717, 1.165) is 10.9 Å². The Balaban J connectivity index is 0.00000235. The molecule has 218 valence electrons. The van der Waals surface area contributed by atoms with Crippen LogP contribution in [0.1, 0.15) is 142 Å². The van der Waals surface area contributed by atoms with Gasteiger partial charge in [0.2, 0.25) is 0 Å². The standard InChI is InChI=1S/C31H58N.ClHO4/c1-7-11-12-13-14-15-16-17-18-19-20-21-22-25-28-32(5,6)31(9-3,10-4)30-27-24-23-26-29(30)8-2;2-1(3,4)5/h23-24,26-27H,7-22,25,28H2,1-6H3;(H,2,3,4,5)/q+1;. The highest BCUT2D eigenvalue weighted by atomic mass is 35.7. The van der Waals surface area contributed by atoms with Crippen molar-refractivity contribution in [3.05, 3.63) is 35.4 Å². The summed E-state index contributed by atoms with van der Waals surface area (Å²) in [5.74, 6) is 0. The van der Waals surface area contributed by atoms with Gasteiger partial charge >= 0.3 is 0 Å². The van der Waals surface area contributed by atoms with Crippen molar-refractivity contribution in [1.82, 2.24) is 0 Å². The van der Waals surface area contributed by atoms with Crippen LogP contribution in [0, 0.1) is 10.2 Å². The SMILES string of the molecule is CCCCCCCCCCCCCCCC[N+](C)(C)C(CC)(CC)c1ccccc1CC.[O-][Cl+3]([O-])([O-])O. The van der Waals surface area contributed by atoms with Crippen LogP contribution < -0.4 is 14.0 Å². The van der Waals surface area contributed by atoms with Gasteiger partial charge in [0.05, 0.1) is 35.5 Å². The molecule has 0 radical (unpaired) electrons. The Morgan fingerprint density at radius 3 is 1.43 bits per heavy atom. The van der Waals surface area contributed by atoms with Gasteiger partial charge in [-0.05, 0) is 24.8 Å². The molecule has 0 aromatic heterocycles. The lowest BCUT2D eigenvalue weighted by Gasteiger charge is -2.49. The monoisotopic (exact) mass is 544 g/mol. The first-order valence-corrected chi connectivity index (χ1v) is 16.3. The molecule has 0 atom stereocenters. The minimum atomic E-state index is -4.69. The summed E-state index contributed by atoms with van der Waals surface area (Å²) in [6.07, 6.45) is 23.7. The van der Waals surface area contributed by atoms with Crippen LogP contribution in [0.3, 0.4) is 0 Å². The molecule has 0 aliphatic rings. The normalized spacial score (nSPS) is 12.4. The summed E-state index contributed by atoms with van der Waals surface area (Å²) < 4.78 is 33.8. The van der Waals surface area contributed by atoms with E-state index < -0.39 is 10.2 Å². The zero-order valence-electron chi connectivity index (χ0n) is 25.0. The molecule has 1 aromatic rings. The fourth-order valence-electron chi connectivity index (χ4n) is 6.01. The van der Waals surface area contributed by atoms with Crippen LogP contribution in [-0.4, -0.2) is 29.8 Å². The van der Waals surface area contributed by atoms with Crippen LogP contribution in [0.25, 0.3) is 0 Å². The summed E-state index contributed by atoms with van der Waals surface area (Å²) in [7, 11) is 0.281. The van der Waals surface area contributed by atoms with Crippen molar-refractivity contribution >= 4 is 0 Å². The van der Waals surface area contributed by atoms with Gasteiger partial charge < -0.3 is 4.48 Å². The Labute approximate surface area is 231 Å². The second-order valence-corrected chi connectivity index (χ2v) is 11.9. The van der Waals surface area contributed by atoms with Crippen molar-refractivity contribution in [2.75, 3.05) is 20.6 Å². The maximum atomic E-state index is 8.60. The van der Waals surface area contributed by atoms with Gasteiger partial charge in [-0.3, -0.25) is 0 Å². The molecule has 0 amide bonds. The van der Waals surface area contributed by atoms with Gasteiger partial charge in [0.15, 0.2) is 0 Å². The molecule has 0 aliphatic carbocycles. The van der Waals surface area contributed by atoms with Crippen LogP contribution >= 0.6 is 0 Å².